The minimum Gasteiger partial charge on any atom is -0.493 e. The van der Waals surface area contributed by atoms with Crippen LogP contribution in [0.5, 0.6) is 5.75 Å². The van der Waals surface area contributed by atoms with Gasteiger partial charge in [-0.3, -0.25) is 9.69 Å². The van der Waals surface area contributed by atoms with Gasteiger partial charge in [-0.15, -0.1) is 0 Å². The van der Waals surface area contributed by atoms with E-state index in [-0.39, 0.29) is 4.87 Å². The summed E-state index contributed by atoms with van der Waals surface area (Å²) in [6.07, 6.45) is 0. The Morgan fingerprint density at radius 3 is 2.57 bits per heavy atom. The largest absolute Gasteiger partial charge is 0.493 e. The van der Waals surface area contributed by atoms with E-state index in [4.69, 9.17) is 4.74 Å². The van der Waals surface area contributed by atoms with Crippen molar-refractivity contribution < 1.29 is 4.74 Å². The van der Waals surface area contributed by atoms with Crippen LogP contribution in [0.25, 0.3) is 11.3 Å². The van der Waals surface area contributed by atoms with E-state index in [0.29, 0.717) is 6.61 Å². The van der Waals surface area contributed by atoms with Crippen LogP contribution in [-0.4, -0.2) is 29.6 Å². The van der Waals surface area contributed by atoms with Gasteiger partial charge in [-0.25, -0.2) is 0 Å². The van der Waals surface area contributed by atoms with E-state index >= 15 is 0 Å². The van der Waals surface area contributed by atoms with Crippen LogP contribution >= 0.6 is 11.3 Å². The molecule has 0 atom stereocenters. The first-order valence-electron chi connectivity index (χ1n) is 7.36. The molecule has 0 aliphatic rings. The van der Waals surface area contributed by atoms with Gasteiger partial charge in [-0.2, -0.15) is 0 Å². The number of nitrogens with one attached hydrogen (secondary N) is 1. The lowest BCUT2D eigenvalue weighted by molar-refractivity contribution is 0.298. The number of thiazole rings is 1. The Bertz CT molecular complexity index is 629. The number of H-pyrrole nitrogens is 1. The number of para-hydroxylation sites is 1. The fourth-order valence-corrected chi connectivity index (χ4v) is 3.18. The normalized spacial score (nSPS) is 11.0. The van der Waals surface area contributed by atoms with Crippen molar-refractivity contribution in [2.45, 2.75) is 27.3 Å². The Hall–Kier alpha value is -1.59. The van der Waals surface area contributed by atoms with Crippen LogP contribution in [0, 0.1) is 0 Å². The quantitative estimate of drug-likeness (QED) is 0.853. The Labute approximate surface area is 129 Å². The number of aromatic amines is 1. The first kappa shape index (κ1) is 15.8. The Morgan fingerprint density at radius 1 is 1.19 bits per heavy atom. The van der Waals surface area contributed by atoms with Crippen LogP contribution in [0.3, 0.4) is 0 Å². The van der Waals surface area contributed by atoms with Crippen molar-refractivity contribution in [1.29, 1.82) is 0 Å². The van der Waals surface area contributed by atoms with Crippen molar-refractivity contribution in [1.82, 2.24) is 9.88 Å². The molecule has 21 heavy (non-hydrogen) atoms. The number of hydrogen-bond acceptors (Lipinski definition) is 4. The fraction of sp³-hybridized carbons (Fsp3) is 0.438. The van der Waals surface area contributed by atoms with Crippen molar-refractivity contribution >= 4 is 11.3 Å². The highest BCUT2D eigenvalue weighted by atomic mass is 32.1. The van der Waals surface area contributed by atoms with E-state index in [2.05, 4.69) is 23.7 Å². The number of hydrogen-bond donors (Lipinski definition) is 1. The van der Waals surface area contributed by atoms with Gasteiger partial charge in [0.15, 0.2) is 0 Å². The predicted octanol–water partition coefficient (Wildman–Crippen LogP) is 3.34. The van der Waals surface area contributed by atoms with Gasteiger partial charge in [0.1, 0.15) is 5.75 Å². The van der Waals surface area contributed by atoms with Crippen molar-refractivity contribution in [2.24, 2.45) is 0 Å². The number of rotatable bonds is 7. The molecule has 2 aromatic rings. The molecule has 0 fully saturated rings. The van der Waals surface area contributed by atoms with Crippen LogP contribution in [0.1, 0.15) is 25.6 Å². The second-order valence-electron chi connectivity index (χ2n) is 4.70. The summed E-state index contributed by atoms with van der Waals surface area (Å²) in [4.78, 5) is 18.1. The lowest BCUT2D eigenvalue weighted by atomic mass is 10.1. The highest BCUT2D eigenvalue weighted by Crippen LogP contribution is 2.32. The van der Waals surface area contributed by atoms with Gasteiger partial charge in [0.25, 0.3) is 0 Å². The molecule has 0 bridgehead atoms. The number of ether oxygens (including phenoxy) is 1. The number of nitrogens with zero attached hydrogens (tertiary/aromatic N) is 1. The summed E-state index contributed by atoms with van der Waals surface area (Å²) < 4.78 is 5.68. The molecule has 2 rings (SSSR count). The molecule has 4 nitrogen and oxygen atoms in total. The number of aromatic nitrogens is 1. The van der Waals surface area contributed by atoms with Crippen molar-refractivity contribution in [3.05, 3.63) is 38.8 Å². The van der Waals surface area contributed by atoms with Gasteiger partial charge >= 0.3 is 4.87 Å². The summed E-state index contributed by atoms with van der Waals surface area (Å²) in [7, 11) is 0. The zero-order chi connectivity index (χ0) is 15.2. The molecular formula is C16H22N2O2S. The fourth-order valence-electron chi connectivity index (χ4n) is 2.29. The molecule has 114 valence electrons. The molecule has 0 radical (unpaired) electrons. The topological polar surface area (TPSA) is 45.3 Å². The molecule has 1 heterocycles. The summed E-state index contributed by atoms with van der Waals surface area (Å²) in [6, 6.07) is 7.85. The highest BCUT2D eigenvalue weighted by Gasteiger charge is 2.16. The summed E-state index contributed by atoms with van der Waals surface area (Å²) in [5, 5.41) is 0. The Kier molecular flexibility index (Phi) is 5.59. The van der Waals surface area contributed by atoms with Gasteiger partial charge in [-0.05, 0) is 32.1 Å². The molecule has 1 aromatic carbocycles. The summed E-state index contributed by atoms with van der Waals surface area (Å²) in [5.41, 5.74) is 1.85. The summed E-state index contributed by atoms with van der Waals surface area (Å²) in [6.45, 7) is 9.55. The summed E-state index contributed by atoms with van der Waals surface area (Å²) >= 11 is 1.29. The van der Waals surface area contributed by atoms with E-state index in [9.17, 15) is 4.79 Å². The lowest BCUT2D eigenvalue weighted by Gasteiger charge is -2.18. The molecule has 1 N–H and O–H groups in total. The van der Waals surface area contributed by atoms with E-state index < -0.39 is 0 Å². The first-order chi connectivity index (χ1) is 10.2. The Balaban J connectivity index is 2.42. The molecule has 0 unspecified atom stereocenters. The average Bonchev–Trinajstić information content (AvgIpc) is 2.86. The van der Waals surface area contributed by atoms with E-state index in [1.807, 2.05) is 31.2 Å². The van der Waals surface area contributed by atoms with Crippen LogP contribution < -0.4 is 9.61 Å². The van der Waals surface area contributed by atoms with E-state index in [1.54, 1.807) is 0 Å². The molecule has 0 amide bonds. The monoisotopic (exact) mass is 306 g/mol. The van der Waals surface area contributed by atoms with Gasteiger partial charge in [0.2, 0.25) is 0 Å². The first-order valence-corrected chi connectivity index (χ1v) is 8.17. The molecule has 5 heteroatoms. The third-order valence-corrected chi connectivity index (χ3v) is 4.31. The minimum atomic E-state index is -0.0153. The smallest absolute Gasteiger partial charge is 0.305 e. The SMILES string of the molecule is CCOc1ccccc1-c1[nH]c(=O)sc1CN(CC)CC. The standard InChI is InChI=1S/C16H22N2O2S/c1-4-18(5-2)11-14-15(17-16(19)21-14)12-9-7-8-10-13(12)20-6-3/h7-10H,4-6,11H2,1-3H3,(H,17,19). The zero-order valence-corrected chi connectivity index (χ0v) is 13.6. The van der Waals surface area contributed by atoms with Crippen LogP contribution in [0.15, 0.2) is 29.1 Å². The third kappa shape index (κ3) is 3.74. The van der Waals surface area contributed by atoms with Gasteiger partial charge in [-0.1, -0.05) is 37.3 Å². The maximum atomic E-state index is 11.8. The number of benzene rings is 1. The average molecular weight is 306 g/mol. The molecule has 0 saturated carbocycles. The second-order valence-corrected chi connectivity index (χ2v) is 5.77. The second kappa shape index (κ2) is 7.43. The highest BCUT2D eigenvalue weighted by molar-refractivity contribution is 7.09. The van der Waals surface area contributed by atoms with Gasteiger partial charge in [0, 0.05) is 17.0 Å². The molecule has 0 saturated heterocycles. The minimum absolute atomic E-state index is 0.0153. The molecule has 0 spiro atoms. The maximum Gasteiger partial charge on any atom is 0.305 e. The maximum absolute atomic E-state index is 11.8. The molecule has 1 aromatic heterocycles. The van der Waals surface area contributed by atoms with E-state index in [1.165, 1.54) is 11.3 Å². The molecular weight excluding hydrogens is 284 g/mol. The molecule has 0 aliphatic heterocycles. The van der Waals surface area contributed by atoms with Crippen LogP contribution in [0.4, 0.5) is 0 Å². The van der Waals surface area contributed by atoms with Gasteiger partial charge in [0.05, 0.1) is 12.3 Å². The van der Waals surface area contributed by atoms with E-state index in [0.717, 1.165) is 41.5 Å². The predicted molar refractivity (Wildman–Crippen MR) is 88.2 cm³/mol. The third-order valence-electron chi connectivity index (χ3n) is 3.44. The van der Waals surface area contributed by atoms with Crippen molar-refractivity contribution in [3.8, 4) is 17.0 Å². The van der Waals surface area contributed by atoms with Crippen LogP contribution in [0.2, 0.25) is 0 Å². The van der Waals surface area contributed by atoms with Crippen LogP contribution in [-0.2, 0) is 6.54 Å². The van der Waals surface area contributed by atoms with Crippen molar-refractivity contribution in [3.63, 3.8) is 0 Å². The molecule has 0 aliphatic carbocycles. The summed E-state index contributed by atoms with van der Waals surface area (Å²) in [5.74, 6) is 0.815. The lowest BCUT2D eigenvalue weighted by Crippen LogP contribution is -2.21. The Morgan fingerprint density at radius 2 is 1.90 bits per heavy atom. The van der Waals surface area contributed by atoms with Gasteiger partial charge < -0.3 is 9.72 Å². The zero-order valence-electron chi connectivity index (χ0n) is 12.8. The van der Waals surface area contributed by atoms with Crippen molar-refractivity contribution in [2.75, 3.05) is 19.7 Å².